The average Bonchev–Trinajstić information content (AvgIpc) is 2.59. The van der Waals surface area contributed by atoms with Crippen molar-refractivity contribution in [2.24, 2.45) is 5.92 Å². The molecule has 0 saturated carbocycles. The number of ether oxygens (including phenoxy) is 1. The van der Waals surface area contributed by atoms with Crippen LogP contribution in [0.3, 0.4) is 0 Å². The van der Waals surface area contributed by atoms with Gasteiger partial charge in [-0.2, -0.15) is 0 Å². The molecule has 2 rings (SSSR count). The maximum absolute atomic E-state index is 12.7. The van der Waals surface area contributed by atoms with Gasteiger partial charge in [0, 0.05) is 0 Å². The van der Waals surface area contributed by atoms with Crippen LogP contribution in [0.25, 0.3) is 0 Å². The van der Waals surface area contributed by atoms with Gasteiger partial charge in [0.05, 0.1) is 4.90 Å². The van der Waals surface area contributed by atoms with E-state index in [1.54, 1.807) is 32.0 Å². The van der Waals surface area contributed by atoms with Gasteiger partial charge in [0.25, 0.3) is 0 Å². The van der Waals surface area contributed by atoms with Gasteiger partial charge in [-0.05, 0) is 23.6 Å². The van der Waals surface area contributed by atoms with E-state index in [0.717, 1.165) is 5.56 Å². The van der Waals surface area contributed by atoms with Crippen molar-refractivity contribution >= 4 is 15.9 Å². The van der Waals surface area contributed by atoms with Crippen molar-refractivity contribution in [2.45, 2.75) is 30.7 Å². The van der Waals surface area contributed by atoms with E-state index in [-0.39, 0.29) is 17.4 Å². The Labute approximate surface area is 142 Å². The predicted octanol–water partition coefficient (Wildman–Crippen LogP) is 3.37. The number of hydrogen-bond acceptors (Lipinski definition) is 4. The number of rotatable bonds is 6. The second kappa shape index (κ2) is 7.97. The van der Waals surface area contributed by atoms with Crippen LogP contribution in [0.2, 0.25) is 0 Å². The fraction of sp³-hybridized carbons (Fsp3) is 0.278. The van der Waals surface area contributed by atoms with Crippen molar-refractivity contribution in [1.82, 2.24) is 5.32 Å². The second-order valence-corrected chi connectivity index (χ2v) is 7.80. The van der Waals surface area contributed by atoms with Crippen molar-refractivity contribution < 1.29 is 17.9 Å². The summed E-state index contributed by atoms with van der Waals surface area (Å²) in [6, 6.07) is 17.3. The Morgan fingerprint density at radius 2 is 1.54 bits per heavy atom. The molecule has 6 heteroatoms. The Kier molecular flexibility index (Phi) is 5.98. The third kappa shape index (κ3) is 4.58. The summed E-state index contributed by atoms with van der Waals surface area (Å²) in [5, 5.41) is 1.42. The van der Waals surface area contributed by atoms with Gasteiger partial charge in [0.15, 0.2) is 9.84 Å². The Morgan fingerprint density at radius 1 is 1.00 bits per heavy atom. The number of carbonyl (C=O) groups is 1. The molecule has 1 N–H and O–H groups in total. The van der Waals surface area contributed by atoms with Crippen molar-refractivity contribution in [2.75, 3.05) is 0 Å². The van der Waals surface area contributed by atoms with E-state index >= 15 is 0 Å². The lowest BCUT2D eigenvalue weighted by atomic mass is 10.2. The van der Waals surface area contributed by atoms with Crippen molar-refractivity contribution in [3.05, 3.63) is 66.2 Å². The summed E-state index contributed by atoms with van der Waals surface area (Å²) >= 11 is 0. The molecule has 1 atom stereocenters. The van der Waals surface area contributed by atoms with E-state index in [0.29, 0.717) is 0 Å². The van der Waals surface area contributed by atoms with Crippen LogP contribution in [0.5, 0.6) is 0 Å². The smallest absolute Gasteiger partial charge is 0.408 e. The van der Waals surface area contributed by atoms with Crippen LogP contribution in [0.4, 0.5) is 4.79 Å². The fourth-order valence-corrected chi connectivity index (χ4v) is 4.04. The highest BCUT2D eigenvalue weighted by molar-refractivity contribution is 7.92. The minimum absolute atomic E-state index is 0.0862. The van der Waals surface area contributed by atoms with Crippen LogP contribution in [-0.4, -0.2) is 19.9 Å². The molecule has 0 heterocycles. The molecule has 0 spiro atoms. The maximum Gasteiger partial charge on any atom is 0.408 e. The molecule has 2 aromatic carbocycles. The number of sulfone groups is 1. The molecule has 0 aliphatic heterocycles. The SMILES string of the molecule is CC(C)C(NC(=O)OCc1ccccc1)S(=O)(=O)c1ccccc1. The molecule has 1 unspecified atom stereocenters. The van der Waals surface area contributed by atoms with Gasteiger partial charge in [-0.25, -0.2) is 13.2 Å². The molecule has 0 fully saturated rings. The quantitative estimate of drug-likeness (QED) is 0.869. The van der Waals surface area contributed by atoms with Crippen molar-refractivity contribution in [3.63, 3.8) is 0 Å². The molecule has 0 aliphatic rings. The summed E-state index contributed by atoms with van der Waals surface area (Å²) in [7, 11) is -3.69. The zero-order valence-electron chi connectivity index (χ0n) is 13.7. The summed E-state index contributed by atoms with van der Waals surface area (Å²) in [5.41, 5.74) is 0.833. The van der Waals surface area contributed by atoms with Crippen LogP contribution in [0.15, 0.2) is 65.6 Å². The van der Waals surface area contributed by atoms with Gasteiger partial charge in [-0.1, -0.05) is 62.4 Å². The topological polar surface area (TPSA) is 72.5 Å². The zero-order chi connectivity index (χ0) is 17.6. The summed E-state index contributed by atoms with van der Waals surface area (Å²) in [4.78, 5) is 12.2. The maximum atomic E-state index is 12.7. The molecular formula is C18H21NO4S. The molecule has 128 valence electrons. The lowest BCUT2D eigenvalue weighted by Gasteiger charge is -2.22. The van der Waals surface area contributed by atoms with Crippen LogP contribution in [-0.2, 0) is 21.2 Å². The normalized spacial score (nSPS) is 12.6. The highest BCUT2D eigenvalue weighted by atomic mass is 32.2. The van der Waals surface area contributed by atoms with Crippen LogP contribution >= 0.6 is 0 Å². The third-order valence-electron chi connectivity index (χ3n) is 3.48. The first-order valence-electron chi connectivity index (χ1n) is 7.67. The molecule has 2 aromatic rings. The predicted molar refractivity (Wildman–Crippen MR) is 92.0 cm³/mol. The summed E-state index contributed by atoms with van der Waals surface area (Å²) in [6.07, 6.45) is -0.753. The van der Waals surface area contributed by atoms with E-state index < -0.39 is 21.3 Å². The first-order chi connectivity index (χ1) is 11.4. The minimum atomic E-state index is -3.69. The summed E-state index contributed by atoms with van der Waals surface area (Å²) in [6.45, 7) is 3.56. The Bertz CT molecular complexity index is 758. The van der Waals surface area contributed by atoms with E-state index in [1.807, 2.05) is 30.3 Å². The van der Waals surface area contributed by atoms with E-state index in [2.05, 4.69) is 5.32 Å². The molecule has 1 amide bonds. The molecule has 0 aliphatic carbocycles. The Balaban J connectivity index is 2.07. The highest BCUT2D eigenvalue weighted by Crippen LogP contribution is 2.19. The fourth-order valence-electron chi connectivity index (χ4n) is 2.24. The van der Waals surface area contributed by atoms with Crippen molar-refractivity contribution in [3.8, 4) is 0 Å². The molecule has 0 bridgehead atoms. The second-order valence-electron chi connectivity index (χ2n) is 5.73. The number of alkyl carbamates (subject to hydrolysis) is 1. The number of carbonyl (C=O) groups excluding carboxylic acids is 1. The van der Waals surface area contributed by atoms with E-state index in [9.17, 15) is 13.2 Å². The van der Waals surface area contributed by atoms with Gasteiger partial charge in [0.2, 0.25) is 0 Å². The van der Waals surface area contributed by atoms with E-state index in [4.69, 9.17) is 4.74 Å². The molecule has 0 aromatic heterocycles. The minimum Gasteiger partial charge on any atom is -0.445 e. The Hall–Kier alpha value is -2.34. The highest BCUT2D eigenvalue weighted by Gasteiger charge is 2.32. The third-order valence-corrected chi connectivity index (χ3v) is 5.74. The van der Waals surface area contributed by atoms with Gasteiger partial charge in [-0.3, -0.25) is 0 Å². The van der Waals surface area contributed by atoms with Crippen LogP contribution in [0.1, 0.15) is 19.4 Å². The first-order valence-corrected chi connectivity index (χ1v) is 9.22. The van der Waals surface area contributed by atoms with Gasteiger partial charge >= 0.3 is 6.09 Å². The van der Waals surface area contributed by atoms with Gasteiger partial charge < -0.3 is 10.1 Å². The number of amides is 1. The lowest BCUT2D eigenvalue weighted by molar-refractivity contribution is 0.136. The summed E-state index contributed by atoms with van der Waals surface area (Å²) < 4.78 is 30.6. The Morgan fingerprint density at radius 3 is 2.08 bits per heavy atom. The largest absolute Gasteiger partial charge is 0.445 e. The van der Waals surface area contributed by atoms with Gasteiger partial charge in [0.1, 0.15) is 12.0 Å². The lowest BCUT2D eigenvalue weighted by Crippen LogP contribution is -2.44. The van der Waals surface area contributed by atoms with E-state index in [1.165, 1.54) is 12.1 Å². The molecule has 24 heavy (non-hydrogen) atoms. The molecule has 5 nitrogen and oxygen atoms in total. The monoisotopic (exact) mass is 347 g/mol. The van der Waals surface area contributed by atoms with Crippen LogP contribution in [0, 0.1) is 5.92 Å². The number of nitrogens with one attached hydrogen (secondary N) is 1. The molecule has 0 radical (unpaired) electrons. The number of benzene rings is 2. The first kappa shape index (κ1) is 18.0. The number of hydrogen-bond donors (Lipinski definition) is 1. The molecule has 0 saturated heterocycles. The molecular weight excluding hydrogens is 326 g/mol. The zero-order valence-corrected chi connectivity index (χ0v) is 14.5. The van der Waals surface area contributed by atoms with Crippen LogP contribution < -0.4 is 5.32 Å². The average molecular weight is 347 g/mol. The summed E-state index contributed by atoms with van der Waals surface area (Å²) in [5.74, 6) is -0.306. The van der Waals surface area contributed by atoms with Gasteiger partial charge in [-0.15, -0.1) is 0 Å². The van der Waals surface area contributed by atoms with Crippen molar-refractivity contribution in [1.29, 1.82) is 0 Å². The standard InChI is InChI=1S/C18H21NO4S/c1-14(2)17(24(21,22)16-11-7-4-8-12-16)19-18(20)23-13-15-9-5-3-6-10-15/h3-12,14,17H,13H2,1-2H3,(H,19,20).